The van der Waals surface area contributed by atoms with Crippen molar-refractivity contribution in [3.63, 3.8) is 0 Å². The number of hydrogen-bond donors (Lipinski definition) is 0. The van der Waals surface area contributed by atoms with E-state index in [2.05, 4.69) is 31.0 Å². The van der Waals surface area contributed by atoms with E-state index in [1.165, 1.54) is 23.1 Å². The number of Topliss-reactive ketones (excluding diaryl/α,β-unsaturated/α-hetero) is 1. The van der Waals surface area contributed by atoms with Crippen LogP contribution < -0.4 is 0 Å². The van der Waals surface area contributed by atoms with E-state index in [4.69, 9.17) is 0 Å². The molecule has 0 N–H and O–H groups in total. The molecule has 0 aliphatic carbocycles. The van der Waals surface area contributed by atoms with Crippen molar-refractivity contribution in [3.8, 4) is 0 Å². The van der Waals surface area contributed by atoms with E-state index < -0.39 is 0 Å². The molecule has 0 unspecified atom stereocenters. The van der Waals surface area contributed by atoms with Crippen molar-refractivity contribution in [2.45, 2.75) is 19.9 Å². The maximum atomic E-state index is 12.8. The van der Waals surface area contributed by atoms with E-state index in [0.29, 0.717) is 6.54 Å². The van der Waals surface area contributed by atoms with Crippen LogP contribution >= 0.6 is 23.1 Å². The number of nitrogens with zero attached hydrogens (tertiary/aromatic N) is 5. The summed E-state index contributed by atoms with van der Waals surface area (Å²) in [6.45, 7) is 5.64. The van der Waals surface area contributed by atoms with E-state index >= 15 is 0 Å². The molecule has 1 atom stereocenters. The first-order valence-corrected chi connectivity index (χ1v) is 8.61. The second-order valence-electron chi connectivity index (χ2n) is 5.00. The largest absolute Gasteiger partial charge is 0.292 e. The molecule has 8 heteroatoms. The maximum Gasteiger partial charge on any atom is 0.188 e. The lowest BCUT2D eigenvalue weighted by Gasteiger charge is -2.35. The Labute approximate surface area is 136 Å². The highest BCUT2D eigenvalue weighted by Crippen LogP contribution is 2.26. The Balaban J connectivity index is 1.99. The highest BCUT2D eigenvalue weighted by atomic mass is 32.1. The average Bonchev–Trinajstić information content (AvgIpc) is 3.20. The van der Waals surface area contributed by atoms with Crippen LogP contribution in [0.25, 0.3) is 12.2 Å². The molecule has 0 radical (unpaired) electrons. The summed E-state index contributed by atoms with van der Waals surface area (Å²) in [7, 11) is 0. The summed E-state index contributed by atoms with van der Waals surface area (Å²) >= 11 is 2.56. The van der Waals surface area contributed by atoms with Crippen molar-refractivity contribution in [2.24, 2.45) is 0 Å². The summed E-state index contributed by atoms with van der Waals surface area (Å²) in [4.78, 5) is 15.0. The Kier molecular flexibility index (Phi) is 4.51. The minimum Gasteiger partial charge on any atom is -0.292 e. The summed E-state index contributed by atoms with van der Waals surface area (Å²) in [5.41, 5.74) is 2.94. The molecular weight excluding hydrogens is 318 g/mol. The predicted molar refractivity (Wildman–Crippen MR) is 87.5 cm³/mol. The highest BCUT2D eigenvalue weighted by molar-refractivity contribution is 7.03. The Hall–Kier alpha value is -1.77. The molecular formula is C14H15N5OS2. The van der Waals surface area contributed by atoms with Gasteiger partial charge >= 0.3 is 0 Å². The van der Waals surface area contributed by atoms with Crippen molar-refractivity contribution in [1.82, 2.24) is 24.1 Å². The molecule has 2 aromatic heterocycles. The summed E-state index contributed by atoms with van der Waals surface area (Å²) in [5.74, 6) is 0.0539. The molecule has 3 rings (SSSR count). The molecule has 0 bridgehead atoms. The Morgan fingerprint density at radius 1 is 1.23 bits per heavy atom. The lowest BCUT2D eigenvalue weighted by Crippen LogP contribution is -2.44. The zero-order chi connectivity index (χ0) is 15.5. The van der Waals surface area contributed by atoms with Gasteiger partial charge in [-0.25, -0.2) is 0 Å². The minimum absolute atomic E-state index is 0.0539. The van der Waals surface area contributed by atoms with Gasteiger partial charge in [0.25, 0.3) is 0 Å². The number of piperidine rings is 1. The number of carbonyl (C=O) groups is 1. The minimum atomic E-state index is 0.0539. The van der Waals surface area contributed by atoms with Gasteiger partial charge in [-0.3, -0.25) is 9.69 Å². The second kappa shape index (κ2) is 6.55. The molecule has 0 saturated carbocycles. The van der Waals surface area contributed by atoms with Gasteiger partial charge < -0.3 is 0 Å². The Morgan fingerprint density at radius 3 is 2.41 bits per heavy atom. The zero-order valence-corrected chi connectivity index (χ0v) is 13.9. The van der Waals surface area contributed by atoms with Crippen molar-refractivity contribution in [2.75, 3.05) is 13.1 Å². The molecule has 6 nitrogen and oxygen atoms in total. The quantitative estimate of drug-likeness (QED) is 0.802. The van der Waals surface area contributed by atoms with Gasteiger partial charge in [-0.2, -0.15) is 0 Å². The van der Waals surface area contributed by atoms with Gasteiger partial charge in [0.2, 0.25) is 0 Å². The zero-order valence-electron chi connectivity index (χ0n) is 12.3. The topological polar surface area (TPSA) is 71.9 Å². The average molecular weight is 333 g/mol. The van der Waals surface area contributed by atoms with Crippen LogP contribution in [0.3, 0.4) is 0 Å². The normalized spacial score (nSPS) is 23.5. The summed E-state index contributed by atoms with van der Waals surface area (Å²) < 4.78 is 7.68. The van der Waals surface area contributed by atoms with Crippen LogP contribution in [-0.4, -0.2) is 49.0 Å². The fourth-order valence-corrected chi connectivity index (χ4v) is 3.31. The second-order valence-corrected chi connectivity index (χ2v) is 6.22. The summed E-state index contributed by atoms with van der Waals surface area (Å²) in [5, 5.41) is 11.7. The molecule has 1 fully saturated rings. The van der Waals surface area contributed by atoms with Crippen molar-refractivity contribution in [1.29, 1.82) is 0 Å². The Morgan fingerprint density at radius 2 is 1.86 bits per heavy atom. The van der Waals surface area contributed by atoms with Crippen LogP contribution in [-0.2, 0) is 4.79 Å². The molecule has 0 amide bonds. The number of likely N-dealkylation sites (N-methyl/N-ethyl adjacent to an activating group) is 1. The Bertz CT molecular complexity index is 706. The van der Waals surface area contributed by atoms with Gasteiger partial charge in [-0.15, -0.1) is 10.2 Å². The first-order chi connectivity index (χ1) is 10.7. The SMILES string of the molecule is CCN1C/C(=C/c2csnn2)C(=O)/C(=C/c2csnn2)[C@@H]1C. The lowest BCUT2D eigenvalue weighted by atomic mass is 9.90. The van der Waals surface area contributed by atoms with Crippen LogP contribution in [0, 0.1) is 0 Å². The first-order valence-electron chi connectivity index (χ1n) is 6.94. The number of carbonyl (C=O) groups excluding carboxylic acids is 1. The molecule has 3 heterocycles. The number of hydrogen-bond acceptors (Lipinski definition) is 8. The molecule has 1 aliphatic rings. The van der Waals surface area contributed by atoms with E-state index in [1.807, 2.05) is 29.8 Å². The number of rotatable bonds is 3. The third-order valence-electron chi connectivity index (χ3n) is 3.71. The fraction of sp³-hybridized carbons (Fsp3) is 0.357. The van der Waals surface area contributed by atoms with Gasteiger partial charge in [-0.05, 0) is 48.7 Å². The van der Waals surface area contributed by atoms with Gasteiger partial charge in [0.05, 0.1) is 11.4 Å². The summed E-state index contributed by atoms with van der Waals surface area (Å²) in [6, 6.07) is 0.0601. The van der Waals surface area contributed by atoms with Gasteiger partial charge in [0.15, 0.2) is 5.78 Å². The maximum absolute atomic E-state index is 12.8. The van der Waals surface area contributed by atoms with Gasteiger partial charge in [0.1, 0.15) is 0 Å². The lowest BCUT2D eigenvalue weighted by molar-refractivity contribution is -0.114. The fourth-order valence-electron chi connectivity index (χ4n) is 2.49. The van der Waals surface area contributed by atoms with Crippen molar-refractivity contribution < 1.29 is 4.79 Å². The van der Waals surface area contributed by atoms with Crippen LogP contribution in [0.4, 0.5) is 0 Å². The van der Waals surface area contributed by atoms with Crippen molar-refractivity contribution in [3.05, 3.63) is 33.3 Å². The predicted octanol–water partition coefficient (Wildman–Crippen LogP) is 2.15. The molecule has 2 aromatic rings. The molecule has 114 valence electrons. The van der Waals surface area contributed by atoms with Crippen LogP contribution in [0.1, 0.15) is 25.2 Å². The molecule has 0 spiro atoms. The number of likely N-dealkylation sites (tertiary alicyclic amines) is 1. The van der Waals surface area contributed by atoms with E-state index in [-0.39, 0.29) is 11.8 Å². The third-order valence-corrected chi connectivity index (χ3v) is 4.76. The third kappa shape index (κ3) is 3.03. The monoisotopic (exact) mass is 333 g/mol. The smallest absolute Gasteiger partial charge is 0.188 e. The molecule has 1 saturated heterocycles. The van der Waals surface area contributed by atoms with Gasteiger partial charge in [0, 0.05) is 34.5 Å². The molecule has 22 heavy (non-hydrogen) atoms. The molecule has 1 aliphatic heterocycles. The van der Waals surface area contributed by atoms with Crippen LogP contribution in [0.2, 0.25) is 0 Å². The number of ketones is 1. The highest BCUT2D eigenvalue weighted by Gasteiger charge is 2.31. The standard InChI is InChI=1S/C14H15N5OS2/c1-3-19-6-10(4-11-7-21-17-15-11)14(20)13(9(19)2)5-12-8-22-18-16-12/h4-5,7-9H,3,6H2,1-2H3/b10-4-,13-5+/t9-/m0/s1. The number of aromatic nitrogens is 4. The van der Waals surface area contributed by atoms with Crippen LogP contribution in [0.5, 0.6) is 0 Å². The van der Waals surface area contributed by atoms with Crippen molar-refractivity contribution >= 4 is 41.0 Å². The van der Waals surface area contributed by atoms with E-state index in [0.717, 1.165) is 29.1 Å². The van der Waals surface area contributed by atoms with E-state index in [1.54, 1.807) is 0 Å². The van der Waals surface area contributed by atoms with E-state index in [9.17, 15) is 4.79 Å². The summed E-state index contributed by atoms with van der Waals surface area (Å²) in [6.07, 6.45) is 3.67. The first kappa shape index (κ1) is 15.1. The molecule has 0 aromatic carbocycles. The van der Waals surface area contributed by atoms with Gasteiger partial charge in [-0.1, -0.05) is 15.9 Å². The van der Waals surface area contributed by atoms with Crippen LogP contribution in [0.15, 0.2) is 21.9 Å².